The maximum atomic E-state index is 10.6. The Labute approximate surface area is 79.0 Å². The van der Waals surface area contributed by atoms with Crippen LogP contribution in [0.1, 0.15) is 16.1 Å². The molecule has 3 N–H and O–H groups in total. The number of aromatic amines is 2. The molecule has 2 rings (SSSR count). The van der Waals surface area contributed by atoms with E-state index >= 15 is 0 Å². The normalized spacial score (nSPS) is 10.4. The highest BCUT2D eigenvalue weighted by molar-refractivity contribution is 5.85. The summed E-state index contributed by atoms with van der Waals surface area (Å²) in [6.45, 7) is 1.86. The summed E-state index contributed by atoms with van der Waals surface area (Å²) in [6, 6.07) is 0. The lowest BCUT2D eigenvalue weighted by molar-refractivity contribution is 0.0691. The summed E-state index contributed by atoms with van der Waals surface area (Å²) in [5, 5.41) is 15.2. The topological polar surface area (TPSA) is 94.7 Å². The standard InChI is InChI=1S/C8H8N4O2/c1-4-2-10-12-6(4)7-9-3-5(11-7)8(13)14/h2-3H,1H3,(H,9,11)(H,10,12)(H,13,14). The molecular weight excluding hydrogens is 184 g/mol. The van der Waals surface area contributed by atoms with E-state index in [1.54, 1.807) is 6.20 Å². The van der Waals surface area contributed by atoms with Gasteiger partial charge >= 0.3 is 5.97 Å². The van der Waals surface area contributed by atoms with E-state index in [1.165, 1.54) is 6.20 Å². The van der Waals surface area contributed by atoms with Gasteiger partial charge in [-0.15, -0.1) is 0 Å². The van der Waals surface area contributed by atoms with Crippen LogP contribution in [-0.2, 0) is 0 Å². The van der Waals surface area contributed by atoms with Gasteiger partial charge in [0.15, 0.2) is 5.82 Å². The van der Waals surface area contributed by atoms with Gasteiger partial charge in [-0.25, -0.2) is 9.78 Å². The monoisotopic (exact) mass is 192 g/mol. The Balaban J connectivity index is 2.43. The first kappa shape index (κ1) is 8.49. The Morgan fingerprint density at radius 2 is 2.29 bits per heavy atom. The summed E-state index contributed by atoms with van der Waals surface area (Å²) in [6.07, 6.45) is 2.93. The van der Waals surface area contributed by atoms with E-state index < -0.39 is 5.97 Å². The molecule has 0 amide bonds. The third-order valence-corrected chi connectivity index (χ3v) is 1.87. The minimum atomic E-state index is -1.03. The molecule has 6 heteroatoms. The highest BCUT2D eigenvalue weighted by Gasteiger charge is 2.11. The highest BCUT2D eigenvalue weighted by atomic mass is 16.4. The molecule has 0 radical (unpaired) electrons. The summed E-state index contributed by atoms with van der Waals surface area (Å²) in [5.41, 5.74) is 1.68. The van der Waals surface area contributed by atoms with Crippen molar-refractivity contribution in [2.24, 2.45) is 0 Å². The number of nitrogens with zero attached hydrogens (tertiary/aromatic N) is 2. The fourth-order valence-electron chi connectivity index (χ4n) is 1.14. The molecule has 0 unspecified atom stereocenters. The fourth-order valence-corrected chi connectivity index (χ4v) is 1.14. The number of hydrogen-bond acceptors (Lipinski definition) is 3. The van der Waals surface area contributed by atoms with Crippen molar-refractivity contribution in [3.05, 3.63) is 23.7 Å². The third kappa shape index (κ3) is 1.26. The lowest BCUT2D eigenvalue weighted by Gasteiger charge is -1.92. The number of aryl methyl sites for hydroxylation is 1. The Bertz CT molecular complexity index is 471. The molecule has 6 nitrogen and oxygen atoms in total. The van der Waals surface area contributed by atoms with Crippen molar-refractivity contribution in [2.45, 2.75) is 6.92 Å². The number of carboxylic acids is 1. The second-order valence-corrected chi connectivity index (χ2v) is 2.88. The molecule has 2 aromatic heterocycles. The largest absolute Gasteiger partial charge is 0.477 e. The van der Waals surface area contributed by atoms with Crippen molar-refractivity contribution < 1.29 is 9.90 Å². The molecule has 0 aliphatic heterocycles. The molecule has 0 aliphatic carbocycles. The molecule has 0 spiro atoms. The van der Waals surface area contributed by atoms with Gasteiger partial charge in [0.2, 0.25) is 0 Å². The smallest absolute Gasteiger partial charge is 0.353 e. The van der Waals surface area contributed by atoms with Crippen LogP contribution in [-0.4, -0.2) is 31.2 Å². The van der Waals surface area contributed by atoms with Gasteiger partial charge in [0.1, 0.15) is 11.4 Å². The first-order chi connectivity index (χ1) is 6.68. The number of aromatic nitrogens is 4. The first-order valence-corrected chi connectivity index (χ1v) is 3.97. The van der Waals surface area contributed by atoms with E-state index in [9.17, 15) is 4.79 Å². The summed E-state index contributed by atoms with van der Waals surface area (Å²) >= 11 is 0. The maximum Gasteiger partial charge on any atom is 0.353 e. The summed E-state index contributed by atoms with van der Waals surface area (Å²) in [4.78, 5) is 17.2. The zero-order valence-corrected chi connectivity index (χ0v) is 7.40. The van der Waals surface area contributed by atoms with Gasteiger partial charge in [-0.2, -0.15) is 5.10 Å². The van der Waals surface area contributed by atoms with Gasteiger partial charge in [0.25, 0.3) is 0 Å². The lowest BCUT2D eigenvalue weighted by Crippen LogP contribution is -1.95. The first-order valence-electron chi connectivity index (χ1n) is 3.97. The molecule has 2 heterocycles. The third-order valence-electron chi connectivity index (χ3n) is 1.87. The van der Waals surface area contributed by atoms with E-state index in [0.717, 1.165) is 5.56 Å². The van der Waals surface area contributed by atoms with E-state index in [-0.39, 0.29) is 5.69 Å². The van der Waals surface area contributed by atoms with E-state index in [1.807, 2.05) is 6.92 Å². The van der Waals surface area contributed by atoms with Crippen molar-refractivity contribution >= 4 is 5.97 Å². The average molecular weight is 192 g/mol. The SMILES string of the molecule is Cc1cn[nH]c1-c1ncc(C(=O)O)[nH]1. The molecule has 0 fully saturated rings. The molecule has 0 saturated carbocycles. The Hall–Kier alpha value is -2.11. The molecule has 0 aliphatic rings. The van der Waals surface area contributed by atoms with E-state index in [4.69, 9.17) is 5.11 Å². The number of imidazole rings is 1. The van der Waals surface area contributed by atoms with Crippen LogP contribution in [0.3, 0.4) is 0 Å². The van der Waals surface area contributed by atoms with E-state index in [0.29, 0.717) is 11.5 Å². The predicted molar refractivity (Wildman–Crippen MR) is 47.9 cm³/mol. The molecule has 2 aromatic rings. The number of carboxylic acid groups (broad SMARTS) is 1. The molecule has 0 atom stereocenters. The molecular formula is C8H8N4O2. The number of rotatable bonds is 2. The number of H-pyrrole nitrogens is 2. The Morgan fingerprint density at radius 1 is 1.50 bits per heavy atom. The molecule has 0 aromatic carbocycles. The van der Waals surface area contributed by atoms with Crippen LogP contribution in [0.4, 0.5) is 0 Å². The van der Waals surface area contributed by atoms with Crippen molar-refractivity contribution in [1.29, 1.82) is 0 Å². The number of hydrogen-bond donors (Lipinski definition) is 3. The number of aromatic carboxylic acids is 1. The maximum absolute atomic E-state index is 10.6. The lowest BCUT2D eigenvalue weighted by atomic mass is 10.3. The van der Waals surface area contributed by atoms with Crippen LogP contribution in [0, 0.1) is 6.92 Å². The second kappa shape index (κ2) is 2.99. The predicted octanol–water partition coefficient (Wildman–Crippen LogP) is 0.806. The summed E-state index contributed by atoms with van der Waals surface area (Å²) in [5.74, 6) is -0.543. The van der Waals surface area contributed by atoms with Gasteiger partial charge < -0.3 is 10.1 Å². The molecule has 14 heavy (non-hydrogen) atoms. The number of nitrogens with one attached hydrogen (secondary N) is 2. The highest BCUT2D eigenvalue weighted by Crippen LogP contribution is 2.16. The van der Waals surface area contributed by atoms with Crippen molar-refractivity contribution in [3.63, 3.8) is 0 Å². The van der Waals surface area contributed by atoms with Crippen LogP contribution in [0.15, 0.2) is 12.4 Å². The second-order valence-electron chi connectivity index (χ2n) is 2.88. The summed E-state index contributed by atoms with van der Waals surface area (Å²) < 4.78 is 0. The van der Waals surface area contributed by atoms with Crippen LogP contribution in [0.2, 0.25) is 0 Å². The Morgan fingerprint density at radius 3 is 2.79 bits per heavy atom. The van der Waals surface area contributed by atoms with Crippen LogP contribution in [0.5, 0.6) is 0 Å². The zero-order valence-electron chi connectivity index (χ0n) is 7.40. The Kier molecular flexibility index (Phi) is 1.81. The molecule has 0 saturated heterocycles. The van der Waals surface area contributed by atoms with Gasteiger partial charge in [-0.3, -0.25) is 5.10 Å². The van der Waals surface area contributed by atoms with Gasteiger partial charge in [0, 0.05) is 0 Å². The van der Waals surface area contributed by atoms with Gasteiger partial charge in [-0.1, -0.05) is 0 Å². The summed E-state index contributed by atoms with van der Waals surface area (Å²) in [7, 11) is 0. The average Bonchev–Trinajstić information content (AvgIpc) is 2.71. The van der Waals surface area contributed by atoms with Gasteiger partial charge in [0.05, 0.1) is 12.4 Å². The van der Waals surface area contributed by atoms with Crippen molar-refractivity contribution in [2.75, 3.05) is 0 Å². The number of carbonyl (C=O) groups is 1. The quantitative estimate of drug-likeness (QED) is 0.656. The molecule has 0 bridgehead atoms. The van der Waals surface area contributed by atoms with Crippen molar-refractivity contribution in [1.82, 2.24) is 20.2 Å². The van der Waals surface area contributed by atoms with Crippen LogP contribution in [0.25, 0.3) is 11.5 Å². The van der Waals surface area contributed by atoms with Gasteiger partial charge in [-0.05, 0) is 12.5 Å². The fraction of sp³-hybridized carbons (Fsp3) is 0.125. The van der Waals surface area contributed by atoms with E-state index in [2.05, 4.69) is 20.2 Å². The minimum Gasteiger partial charge on any atom is -0.477 e. The minimum absolute atomic E-state index is 0.0639. The van der Waals surface area contributed by atoms with Crippen molar-refractivity contribution in [3.8, 4) is 11.5 Å². The van der Waals surface area contributed by atoms with Crippen LogP contribution >= 0.6 is 0 Å². The van der Waals surface area contributed by atoms with Crippen LogP contribution < -0.4 is 0 Å². The zero-order chi connectivity index (χ0) is 10.1. The molecule has 72 valence electrons.